The number of anilines is 1. The lowest BCUT2D eigenvalue weighted by molar-refractivity contribution is 0.750. The number of pyridine rings is 1. The van der Waals surface area contributed by atoms with E-state index in [0.717, 1.165) is 58.5 Å². The molecule has 3 heterocycles. The molecule has 0 spiro atoms. The first-order valence-corrected chi connectivity index (χ1v) is 11.1. The van der Waals surface area contributed by atoms with Gasteiger partial charge in [-0.15, -0.1) is 0 Å². The molecular formula is C26H23ClN4. The summed E-state index contributed by atoms with van der Waals surface area (Å²) >= 11 is 5.97. The maximum atomic E-state index is 5.97. The summed E-state index contributed by atoms with van der Waals surface area (Å²) in [5, 5.41) is 0.729. The third-order valence-corrected chi connectivity index (χ3v) is 5.96. The first kappa shape index (κ1) is 19.7. The van der Waals surface area contributed by atoms with E-state index in [1.54, 1.807) is 0 Å². The zero-order valence-electron chi connectivity index (χ0n) is 17.5. The standard InChI is InChI=1S/C26H23ClN4/c1-2-31-25-14-6-19(17-24(25)29-26(31)30-15-3-4-16-30)5-12-23-13-9-21(18-28-23)20-7-10-22(27)11-8-20/h6-11,13-14,17-18H,2-4,15-16H2,1H3. The molecular weight excluding hydrogens is 404 g/mol. The molecule has 31 heavy (non-hydrogen) atoms. The fraction of sp³-hybridized carbons (Fsp3) is 0.231. The molecule has 4 aromatic rings. The number of hydrogen-bond acceptors (Lipinski definition) is 3. The Labute approximate surface area is 187 Å². The van der Waals surface area contributed by atoms with Crippen LogP contribution in [0.25, 0.3) is 22.2 Å². The fourth-order valence-electron chi connectivity index (χ4n) is 4.08. The molecule has 0 radical (unpaired) electrons. The molecule has 0 unspecified atom stereocenters. The topological polar surface area (TPSA) is 34.0 Å². The molecule has 0 atom stereocenters. The van der Waals surface area contributed by atoms with E-state index < -0.39 is 0 Å². The molecule has 0 N–H and O–H groups in total. The van der Waals surface area contributed by atoms with Gasteiger partial charge in [-0.1, -0.05) is 35.7 Å². The number of aromatic nitrogens is 3. The van der Waals surface area contributed by atoms with Crippen LogP contribution in [0.2, 0.25) is 5.02 Å². The van der Waals surface area contributed by atoms with E-state index in [9.17, 15) is 0 Å². The predicted octanol–water partition coefficient (Wildman–Crippen LogP) is 5.77. The van der Waals surface area contributed by atoms with Crippen LogP contribution in [-0.2, 0) is 6.54 Å². The van der Waals surface area contributed by atoms with Gasteiger partial charge in [-0.3, -0.25) is 0 Å². The Bertz CT molecular complexity index is 1270. The quantitative estimate of drug-likeness (QED) is 0.390. The van der Waals surface area contributed by atoms with Crippen LogP contribution in [0.5, 0.6) is 0 Å². The molecule has 0 bridgehead atoms. The van der Waals surface area contributed by atoms with Gasteiger partial charge in [0.1, 0.15) is 5.69 Å². The van der Waals surface area contributed by atoms with Crippen molar-refractivity contribution in [3.63, 3.8) is 0 Å². The second kappa shape index (κ2) is 8.45. The van der Waals surface area contributed by atoms with Gasteiger partial charge in [0, 0.05) is 42.0 Å². The van der Waals surface area contributed by atoms with Crippen molar-refractivity contribution >= 4 is 28.6 Å². The van der Waals surface area contributed by atoms with E-state index in [1.165, 1.54) is 18.4 Å². The molecule has 5 heteroatoms. The van der Waals surface area contributed by atoms with Crippen LogP contribution in [-0.4, -0.2) is 27.6 Å². The molecule has 0 amide bonds. The first-order valence-electron chi connectivity index (χ1n) is 10.7. The lowest BCUT2D eigenvalue weighted by atomic mass is 10.1. The largest absolute Gasteiger partial charge is 0.342 e. The lowest BCUT2D eigenvalue weighted by Gasteiger charge is -2.17. The lowest BCUT2D eigenvalue weighted by Crippen LogP contribution is -2.21. The highest BCUT2D eigenvalue weighted by atomic mass is 35.5. The average molecular weight is 427 g/mol. The summed E-state index contributed by atoms with van der Waals surface area (Å²) < 4.78 is 2.30. The summed E-state index contributed by atoms with van der Waals surface area (Å²) in [6.07, 6.45) is 4.34. The van der Waals surface area contributed by atoms with Crippen molar-refractivity contribution < 1.29 is 0 Å². The van der Waals surface area contributed by atoms with Gasteiger partial charge in [-0.2, -0.15) is 0 Å². The Balaban J connectivity index is 1.40. The van der Waals surface area contributed by atoms with Crippen molar-refractivity contribution in [2.75, 3.05) is 18.0 Å². The van der Waals surface area contributed by atoms with E-state index in [-0.39, 0.29) is 0 Å². The van der Waals surface area contributed by atoms with Gasteiger partial charge in [0.05, 0.1) is 11.0 Å². The molecule has 5 rings (SSSR count). The summed E-state index contributed by atoms with van der Waals surface area (Å²) in [5.41, 5.74) is 5.99. The van der Waals surface area contributed by atoms with Crippen LogP contribution >= 0.6 is 11.6 Å². The summed E-state index contributed by atoms with van der Waals surface area (Å²) in [6.45, 7) is 5.27. The number of hydrogen-bond donors (Lipinski definition) is 0. The molecule has 2 aromatic carbocycles. The summed E-state index contributed by atoms with van der Waals surface area (Å²) in [4.78, 5) is 11.8. The van der Waals surface area contributed by atoms with Crippen LogP contribution in [0.3, 0.4) is 0 Å². The Morgan fingerprint density at radius 3 is 2.42 bits per heavy atom. The zero-order valence-corrected chi connectivity index (χ0v) is 18.2. The van der Waals surface area contributed by atoms with Gasteiger partial charge in [-0.05, 0) is 67.6 Å². The van der Waals surface area contributed by atoms with Crippen LogP contribution in [0, 0.1) is 11.8 Å². The minimum absolute atomic E-state index is 0.729. The summed E-state index contributed by atoms with van der Waals surface area (Å²) in [5.74, 6) is 7.50. The van der Waals surface area contributed by atoms with Crippen molar-refractivity contribution in [2.45, 2.75) is 26.3 Å². The van der Waals surface area contributed by atoms with Crippen molar-refractivity contribution in [2.24, 2.45) is 0 Å². The van der Waals surface area contributed by atoms with Gasteiger partial charge >= 0.3 is 0 Å². The van der Waals surface area contributed by atoms with Gasteiger partial charge in [-0.25, -0.2) is 9.97 Å². The average Bonchev–Trinajstić information content (AvgIpc) is 3.46. The van der Waals surface area contributed by atoms with Gasteiger partial charge < -0.3 is 9.47 Å². The minimum atomic E-state index is 0.729. The minimum Gasteiger partial charge on any atom is -0.342 e. The number of aryl methyl sites for hydroxylation is 1. The number of nitrogens with zero attached hydrogens (tertiary/aromatic N) is 4. The normalized spacial score (nSPS) is 13.4. The van der Waals surface area contributed by atoms with E-state index in [2.05, 4.69) is 51.4 Å². The Kier molecular flexibility index (Phi) is 5.36. The number of halogens is 1. The highest BCUT2D eigenvalue weighted by molar-refractivity contribution is 6.30. The van der Waals surface area contributed by atoms with Gasteiger partial charge in [0.2, 0.25) is 5.95 Å². The van der Waals surface area contributed by atoms with Gasteiger partial charge in [0.15, 0.2) is 0 Å². The maximum Gasteiger partial charge on any atom is 0.206 e. The highest BCUT2D eigenvalue weighted by Gasteiger charge is 2.19. The van der Waals surface area contributed by atoms with Crippen molar-refractivity contribution in [3.8, 4) is 23.0 Å². The van der Waals surface area contributed by atoms with E-state index in [4.69, 9.17) is 16.6 Å². The Morgan fingerprint density at radius 2 is 1.71 bits per heavy atom. The third-order valence-electron chi connectivity index (χ3n) is 5.71. The molecule has 154 valence electrons. The van der Waals surface area contributed by atoms with Crippen molar-refractivity contribution in [3.05, 3.63) is 77.1 Å². The van der Waals surface area contributed by atoms with Crippen LogP contribution in [0.1, 0.15) is 31.0 Å². The molecule has 1 aliphatic rings. The number of benzene rings is 2. The molecule has 0 aliphatic carbocycles. The second-order valence-electron chi connectivity index (χ2n) is 7.74. The number of imidazole rings is 1. The first-order chi connectivity index (χ1) is 15.2. The van der Waals surface area contributed by atoms with E-state index in [0.29, 0.717) is 0 Å². The van der Waals surface area contributed by atoms with Crippen molar-refractivity contribution in [1.29, 1.82) is 0 Å². The second-order valence-corrected chi connectivity index (χ2v) is 8.18. The summed E-state index contributed by atoms with van der Waals surface area (Å²) in [6, 6.07) is 18.0. The Hall–Kier alpha value is -3.29. The van der Waals surface area contributed by atoms with Gasteiger partial charge in [0.25, 0.3) is 0 Å². The number of fused-ring (bicyclic) bond motifs is 1. The SMILES string of the molecule is CCn1c(N2CCCC2)nc2cc(C#Cc3ccc(-c4ccc(Cl)cc4)cn3)ccc21. The zero-order chi connectivity index (χ0) is 21.2. The molecule has 1 fully saturated rings. The fourth-order valence-corrected chi connectivity index (χ4v) is 4.21. The molecule has 0 saturated carbocycles. The highest BCUT2D eigenvalue weighted by Crippen LogP contribution is 2.26. The smallest absolute Gasteiger partial charge is 0.206 e. The Morgan fingerprint density at radius 1 is 0.935 bits per heavy atom. The molecule has 1 aliphatic heterocycles. The maximum absolute atomic E-state index is 5.97. The van der Waals surface area contributed by atoms with Crippen LogP contribution in [0.4, 0.5) is 5.95 Å². The predicted molar refractivity (Wildman–Crippen MR) is 128 cm³/mol. The molecule has 4 nitrogen and oxygen atoms in total. The number of rotatable bonds is 3. The van der Waals surface area contributed by atoms with Crippen molar-refractivity contribution in [1.82, 2.24) is 14.5 Å². The third kappa shape index (κ3) is 4.02. The molecule has 1 saturated heterocycles. The summed E-state index contributed by atoms with van der Waals surface area (Å²) in [7, 11) is 0. The van der Waals surface area contributed by atoms with Crippen LogP contribution in [0.15, 0.2) is 60.8 Å². The molecule has 2 aromatic heterocycles. The van der Waals surface area contributed by atoms with E-state index in [1.807, 2.05) is 42.6 Å². The monoisotopic (exact) mass is 426 g/mol. The van der Waals surface area contributed by atoms with Crippen LogP contribution < -0.4 is 4.90 Å². The van der Waals surface area contributed by atoms with E-state index >= 15 is 0 Å².